The standard InChI is InChI=1S/C21H21F3N2O4S/c1-30-18-4-2-3-16(15-18)5-10-20(27)25-11-13-26(14-12-25)31(28,29)19-8-6-17(7-9-19)21(22,23)24/h2-10,15H,11-14H2,1H3/b10-5+. The lowest BCUT2D eigenvalue weighted by Gasteiger charge is -2.33. The molecular formula is C21H21F3N2O4S. The van der Waals surface area contributed by atoms with Crippen molar-refractivity contribution in [2.24, 2.45) is 0 Å². The Bertz CT molecular complexity index is 1060. The Balaban J connectivity index is 1.61. The molecule has 166 valence electrons. The summed E-state index contributed by atoms with van der Waals surface area (Å²) in [7, 11) is -2.39. The zero-order valence-electron chi connectivity index (χ0n) is 16.7. The van der Waals surface area contributed by atoms with Crippen LogP contribution in [0.4, 0.5) is 13.2 Å². The summed E-state index contributed by atoms with van der Waals surface area (Å²) in [5, 5.41) is 0. The van der Waals surface area contributed by atoms with Gasteiger partial charge in [-0.3, -0.25) is 4.79 Å². The summed E-state index contributed by atoms with van der Waals surface area (Å²) < 4.78 is 69.8. The highest BCUT2D eigenvalue weighted by molar-refractivity contribution is 7.89. The lowest BCUT2D eigenvalue weighted by Crippen LogP contribution is -2.50. The SMILES string of the molecule is COc1cccc(/C=C/C(=O)N2CCN(S(=O)(=O)c3ccc(C(F)(F)F)cc3)CC2)c1. The smallest absolute Gasteiger partial charge is 0.416 e. The third-order valence-electron chi connectivity index (χ3n) is 4.88. The van der Waals surface area contributed by atoms with Crippen LogP contribution in [0.25, 0.3) is 6.08 Å². The van der Waals surface area contributed by atoms with Crippen molar-refractivity contribution in [2.45, 2.75) is 11.1 Å². The second-order valence-electron chi connectivity index (χ2n) is 6.86. The number of alkyl halides is 3. The van der Waals surface area contributed by atoms with E-state index in [1.54, 1.807) is 31.4 Å². The number of hydrogen-bond acceptors (Lipinski definition) is 4. The molecule has 1 aliphatic heterocycles. The third kappa shape index (κ3) is 5.45. The van der Waals surface area contributed by atoms with E-state index in [1.807, 2.05) is 6.07 Å². The van der Waals surface area contributed by atoms with E-state index in [4.69, 9.17) is 4.74 Å². The maximum Gasteiger partial charge on any atom is 0.416 e. The van der Waals surface area contributed by atoms with Gasteiger partial charge in [-0.05, 0) is 48.0 Å². The second-order valence-corrected chi connectivity index (χ2v) is 8.80. The molecule has 0 saturated carbocycles. The highest BCUT2D eigenvalue weighted by atomic mass is 32.2. The van der Waals surface area contributed by atoms with Crippen LogP contribution in [0.2, 0.25) is 0 Å². The molecule has 2 aromatic rings. The largest absolute Gasteiger partial charge is 0.497 e. The maximum atomic E-state index is 12.7. The summed E-state index contributed by atoms with van der Waals surface area (Å²) in [4.78, 5) is 13.7. The van der Waals surface area contributed by atoms with Crippen LogP contribution >= 0.6 is 0 Å². The first kappa shape index (κ1) is 22.8. The normalized spacial score (nSPS) is 15.9. The van der Waals surface area contributed by atoms with Crippen molar-refractivity contribution in [1.82, 2.24) is 9.21 Å². The van der Waals surface area contributed by atoms with Gasteiger partial charge >= 0.3 is 6.18 Å². The van der Waals surface area contributed by atoms with Crippen molar-refractivity contribution in [2.75, 3.05) is 33.3 Å². The fourth-order valence-electron chi connectivity index (χ4n) is 3.13. The summed E-state index contributed by atoms with van der Waals surface area (Å²) >= 11 is 0. The fourth-order valence-corrected chi connectivity index (χ4v) is 4.55. The number of sulfonamides is 1. The molecule has 0 N–H and O–H groups in total. The highest BCUT2D eigenvalue weighted by Crippen LogP contribution is 2.30. The molecular weight excluding hydrogens is 433 g/mol. The maximum absolute atomic E-state index is 12.7. The van der Waals surface area contributed by atoms with Gasteiger partial charge in [0.1, 0.15) is 5.75 Å². The number of halogens is 3. The van der Waals surface area contributed by atoms with E-state index >= 15 is 0 Å². The Morgan fingerprint density at radius 1 is 1.03 bits per heavy atom. The molecule has 0 spiro atoms. The van der Waals surface area contributed by atoms with Crippen LogP contribution in [0, 0.1) is 0 Å². The van der Waals surface area contributed by atoms with Gasteiger partial charge < -0.3 is 9.64 Å². The Labute approximate surface area is 178 Å². The number of ether oxygens (including phenoxy) is 1. The number of piperazine rings is 1. The number of carbonyl (C=O) groups excluding carboxylic acids is 1. The van der Waals surface area contributed by atoms with Crippen LogP contribution < -0.4 is 4.74 Å². The van der Waals surface area contributed by atoms with Gasteiger partial charge in [0.15, 0.2) is 0 Å². The van der Waals surface area contributed by atoms with Gasteiger partial charge in [0.2, 0.25) is 15.9 Å². The molecule has 1 saturated heterocycles. The van der Waals surface area contributed by atoms with Gasteiger partial charge in [-0.15, -0.1) is 0 Å². The van der Waals surface area contributed by atoms with E-state index in [2.05, 4.69) is 0 Å². The first-order valence-electron chi connectivity index (χ1n) is 9.40. The van der Waals surface area contributed by atoms with E-state index in [1.165, 1.54) is 15.3 Å². The minimum atomic E-state index is -4.54. The van der Waals surface area contributed by atoms with Crippen molar-refractivity contribution in [1.29, 1.82) is 0 Å². The van der Waals surface area contributed by atoms with Gasteiger partial charge in [-0.2, -0.15) is 17.5 Å². The summed E-state index contributed by atoms with van der Waals surface area (Å²) in [6.07, 6.45) is -1.47. The van der Waals surface area contributed by atoms with Crippen LogP contribution in [0.5, 0.6) is 5.75 Å². The molecule has 6 nitrogen and oxygen atoms in total. The van der Waals surface area contributed by atoms with Crippen LogP contribution in [0.3, 0.4) is 0 Å². The lowest BCUT2D eigenvalue weighted by molar-refractivity contribution is -0.137. The number of amides is 1. The third-order valence-corrected chi connectivity index (χ3v) is 6.79. The number of nitrogens with zero attached hydrogens (tertiary/aromatic N) is 2. The molecule has 10 heteroatoms. The van der Waals surface area contributed by atoms with Gasteiger partial charge in [-0.25, -0.2) is 8.42 Å². The number of carbonyl (C=O) groups is 1. The molecule has 0 unspecified atom stereocenters. The Morgan fingerprint density at radius 3 is 2.26 bits per heavy atom. The van der Waals surface area contributed by atoms with Crippen molar-refractivity contribution >= 4 is 22.0 Å². The molecule has 0 radical (unpaired) electrons. The predicted molar refractivity (Wildman–Crippen MR) is 109 cm³/mol. The molecule has 0 bridgehead atoms. The second kappa shape index (κ2) is 9.11. The Kier molecular flexibility index (Phi) is 6.71. The summed E-state index contributed by atoms with van der Waals surface area (Å²) in [6, 6.07) is 10.6. The molecule has 2 aromatic carbocycles. The van der Waals surface area contributed by atoms with E-state index in [0.717, 1.165) is 29.8 Å². The molecule has 31 heavy (non-hydrogen) atoms. The number of benzene rings is 2. The molecule has 0 aromatic heterocycles. The Morgan fingerprint density at radius 2 is 1.68 bits per heavy atom. The Hall–Kier alpha value is -2.85. The number of rotatable bonds is 5. The molecule has 1 fully saturated rings. The van der Waals surface area contributed by atoms with Gasteiger partial charge in [0.05, 0.1) is 17.6 Å². The van der Waals surface area contributed by atoms with Crippen LogP contribution in [0.15, 0.2) is 59.5 Å². The van der Waals surface area contributed by atoms with Crippen LogP contribution in [-0.2, 0) is 21.0 Å². The predicted octanol–water partition coefficient (Wildman–Crippen LogP) is 3.26. The van der Waals surface area contributed by atoms with Gasteiger partial charge in [-0.1, -0.05) is 12.1 Å². The zero-order chi connectivity index (χ0) is 22.6. The minimum Gasteiger partial charge on any atom is -0.497 e. The summed E-state index contributed by atoms with van der Waals surface area (Å²) in [5.41, 5.74) is -0.124. The first-order valence-corrected chi connectivity index (χ1v) is 10.8. The summed E-state index contributed by atoms with van der Waals surface area (Å²) in [5.74, 6) is 0.408. The monoisotopic (exact) mass is 454 g/mol. The quantitative estimate of drug-likeness (QED) is 0.651. The van der Waals surface area contributed by atoms with E-state index in [9.17, 15) is 26.4 Å². The zero-order valence-corrected chi connectivity index (χ0v) is 17.5. The molecule has 0 aliphatic carbocycles. The molecule has 0 atom stereocenters. The van der Waals surface area contributed by atoms with Gasteiger partial charge in [0, 0.05) is 32.3 Å². The van der Waals surface area contributed by atoms with E-state index in [-0.39, 0.29) is 37.0 Å². The average Bonchev–Trinajstić information content (AvgIpc) is 2.77. The molecule has 1 heterocycles. The van der Waals surface area contributed by atoms with E-state index < -0.39 is 21.8 Å². The summed E-state index contributed by atoms with van der Waals surface area (Å²) in [6.45, 7) is 0.479. The highest BCUT2D eigenvalue weighted by Gasteiger charge is 2.33. The van der Waals surface area contributed by atoms with Crippen LogP contribution in [-0.4, -0.2) is 56.8 Å². The van der Waals surface area contributed by atoms with Crippen LogP contribution in [0.1, 0.15) is 11.1 Å². The molecule has 1 amide bonds. The lowest BCUT2D eigenvalue weighted by atomic mass is 10.2. The number of methoxy groups -OCH3 is 1. The van der Waals surface area contributed by atoms with Gasteiger partial charge in [0.25, 0.3) is 0 Å². The van der Waals surface area contributed by atoms with Crippen molar-refractivity contribution < 1.29 is 31.1 Å². The first-order chi connectivity index (χ1) is 14.6. The average molecular weight is 454 g/mol. The van der Waals surface area contributed by atoms with Crippen molar-refractivity contribution in [3.63, 3.8) is 0 Å². The molecule has 1 aliphatic rings. The molecule has 3 rings (SSSR count). The van der Waals surface area contributed by atoms with Crippen molar-refractivity contribution in [3.05, 3.63) is 65.7 Å². The van der Waals surface area contributed by atoms with E-state index in [0.29, 0.717) is 5.75 Å². The van der Waals surface area contributed by atoms with Crippen molar-refractivity contribution in [3.8, 4) is 5.75 Å². The fraction of sp³-hybridized carbons (Fsp3) is 0.286. The minimum absolute atomic E-state index is 0.0576. The topological polar surface area (TPSA) is 66.9 Å². The number of hydrogen-bond donors (Lipinski definition) is 0.